The Labute approximate surface area is 116 Å². The lowest BCUT2D eigenvalue weighted by Gasteiger charge is -2.21. The van der Waals surface area contributed by atoms with Gasteiger partial charge in [-0.15, -0.1) is 0 Å². The molecule has 106 valence electrons. The molecule has 2 N–H and O–H groups in total. The van der Waals surface area contributed by atoms with E-state index in [1.54, 1.807) is 12.1 Å². The fourth-order valence-corrected chi connectivity index (χ4v) is 2.58. The van der Waals surface area contributed by atoms with Gasteiger partial charge in [-0.05, 0) is 43.5 Å². The van der Waals surface area contributed by atoms with Crippen LogP contribution >= 0.6 is 0 Å². The number of nitrogens with one attached hydrogen (secondary N) is 1. The summed E-state index contributed by atoms with van der Waals surface area (Å²) >= 11 is 0. The second kappa shape index (κ2) is 8.18. The van der Waals surface area contributed by atoms with Gasteiger partial charge in [0.1, 0.15) is 5.75 Å². The number of aromatic hydroxyl groups is 1. The van der Waals surface area contributed by atoms with Crippen molar-refractivity contribution < 1.29 is 9.84 Å². The monoisotopic (exact) mass is 263 g/mol. The first-order valence-electron chi connectivity index (χ1n) is 7.45. The molecule has 1 saturated carbocycles. The zero-order valence-electron chi connectivity index (χ0n) is 11.6. The number of phenols is 1. The molecule has 0 unspecified atom stereocenters. The van der Waals surface area contributed by atoms with Crippen LogP contribution in [0.25, 0.3) is 0 Å². The van der Waals surface area contributed by atoms with Gasteiger partial charge in [-0.1, -0.05) is 31.4 Å². The molecule has 0 spiro atoms. The van der Waals surface area contributed by atoms with Crippen molar-refractivity contribution in [2.24, 2.45) is 0 Å². The predicted octanol–water partition coefficient (Wildman–Crippen LogP) is 3.22. The van der Waals surface area contributed by atoms with E-state index in [9.17, 15) is 5.11 Å². The molecule has 0 aliphatic heterocycles. The minimum absolute atomic E-state index is 0.333. The van der Waals surface area contributed by atoms with E-state index in [-0.39, 0.29) is 0 Å². The number of rotatable bonds is 7. The van der Waals surface area contributed by atoms with Crippen molar-refractivity contribution >= 4 is 0 Å². The molecule has 0 heterocycles. The summed E-state index contributed by atoms with van der Waals surface area (Å²) in [4.78, 5) is 0. The average molecular weight is 263 g/mol. The van der Waals surface area contributed by atoms with Crippen molar-refractivity contribution in [1.29, 1.82) is 0 Å². The molecule has 1 aliphatic rings. The lowest BCUT2D eigenvalue weighted by atomic mass is 9.98. The van der Waals surface area contributed by atoms with Crippen LogP contribution in [0.1, 0.15) is 44.1 Å². The van der Waals surface area contributed by atoms with Gasteiger partial charge in [-0.25, -0.2) is 0 Å². The second-order valence-corrected chi connectivity index (χ2v) is 5.33. The summed E-state index contributed by atoms with van der Waals surface area (Å²) in [6.45, 7) is 2.62. The van der Waals surface area contributed by atoms with Gasteiger partial charge in [0.2, 0.25) is 0 Å². The molecule has 0 bridgehead atoms. The van der Waals surface area contributed by atoms with Crippen LogP contribution in [0.2, 0.25) is 0 Å². The molecular formula is C16H25NO2. The van der Waals surface area contributed by atoms with Crippen molar-refractivity contribution in [3.8, 4) is 5.75 Å². The van der Waals surface area contributed by atoms with Crippen molar-refractivity contribution in [2.45, 2.75) is 51.2 Å². The molecule has 1 aromatic rings. The van der Waals surface area contributed by atoms with E-state index in [0.29, 0.717) is 11.9 Å². The molecule has 0 atom stereocenters. The van der Waals surface area contributed by atoms with Gasteiger partial charge in [-0.3, -0.25) is 0 Å². The Morgan fingerprint density at radius 1 is 1.21 bits per heavy atom. The van der Waals surface area contributed by atoms with Crippen molar-refractivity contribution in [3.63, 3.8) is 0 Å². The third-order valence-corrected chi connectivity index (χ3v) is 3.64. The van der Waals surface area contributed by atoms with E-state index < -0.39 is 0 Å². The van der Waals surface area contributed by atoms with Crippen LogP contribution in [0.5, 0.6) is 5.75 Å². The normalized spacial score (nSPS) is 16.6. The third kappa shape index (κ3) is 5.62. The molecule has 1 aliphatic carbocycles. The molecule has 1 fully saturated rings. The highest BCUT2D eigenvalue weighted by molar-refractivity contribution is 5.26. The van der Waals surface area contributed by atoms with Crippen LogP contribution in [0.4, 0.5) is 0 Å². The molecule has 1 aromatic carbocycles. The summed E-state index contributed by atoms with van der Waals surface area (Å²) in [7, 11) is 0. The summed E-state index contributed by atoms with van der Waals surface area (Å²) in [6.07, 6.45) is 8.11. The SMILES string of the molecule is Oc1cccc(CNCCCOC2CCCCC2)c1. The van der Waals surface area contributed by atoms with Crippen LogP contribution in [-0.2, 0) is 11.3 Å². The third-order valence-electron chi connectivity index (χ3n) is 3.64. The molecule has 3 nitrogen and oxygen atoms in total. The Morgan fingerprint density at radius 3 is 2.84 bits per heavy atom. The number of benzene rings is 1. The maximum absolute atomic E-state index is 9.35. The largest absolute Gasteiger partial charge is 0.508 e. The molecule has 2 rings (SSSR count). The van der Waals surface area contributed by atoms with E-state index >= 15 is 0 Å². The lowest BCUT2D eigenvalue weighted by Crippen LogP contribution is -2.20. The fourth-order valence-electron chi connectivity index (χ4n) is 2.58. The van der Waals surface area contributed by atoms with E-state index in [1.165, 1.54) is 32.1 Å². The molecule has 19 heavy (non-hydrogen) atoms. The number of hydrogen-bond acceptors (Lipinski definition) is 3. The lowest BCUT2D eigenvalue weighted by molar-refractivity contribution is 0.0273. The Bertz CT molecular complexity index is 362. The molecular weight excluding hydrogens is 238 g/mol. The Balaban J connectivity index is 1.50. The average Bonchev–Trinajstić information content (AvgIpc) is 2.44. The molecule has 0 saturated heterocycles. The zero-order chi connectivity index (χ0) is 13.3. The summed E-state index contributed by atoms with van der Waals surface area (Å²) in [5, 5.41) is 12.7. The smallest absolute Gasteiger partial charge is 0.115 e. The minimum Gasteiger partial charge on any atom is -0.508 e. The van der Waals surface area contributed by atoms with Gasteiger partial charge in [0.15, 0.2) is 0 Å². The van der Waals surface area contributed by atoms with E-state index in [4.69, 9.17) is 4.74 Å². The van der Waals surface area contributed by atoms with Crippen molar-refractivity contribution in [3.05, 3.63) is 29.8 Å². The van der Waals surface area contributed by atoms with Crippen LogP contribution in [0.15, 0.2) is 24.3 Å². The number of ether oxygens (including phenoxy) is 1. The quantitative estimate of drug-likeness (QED) is 0.742. The molecule has 0 aromatic heterocycles. The van der Waals surface area contributed by atoms with E-state index in [2.05, 4.69) is 5.32 Å². The van der Waals surface area contributed by atoms with Crippen LogP contribution in [-0.4, -0.2) is 24.4 Å². The van der Waals surface area contributed by atoms with Gasteiger partial charge in [0.05, 0.1) is 6.10 Å². The molecule has 3 heteroatoms. The van der Waals surface area contributed by atoms with Crippen LogP contribution in [0.3, 0.4) is 0 Å². The Kier molecular flexibility index (Phi) is 6.18. The predicted molar refractivity (Wildman–Crippen MR) is 77.3 cm³/mol. The highest BCUT2D eigenvalue weighted by Gasteiger charge is 2.12. The van der Waals surface area contributed by atoms with E-state index in [0.717, 1.165) is 31.7 Å². The highest BCUT2D eigenvalue weighted by Crippen LogP contribution is 2.20. The topological polar surface area (TPSA) is 41.5 Å². The summed E-state index contributed by atoms with van der Waals surface area (Å²) in [5.41, 5.74) is 1.12. The van der Waals surface area contributed by atoms with Crippen molar-refractivity contribution in [1.82, 2.24) is 5.32 Å². The second-order valence-electron chi connectivity index (χ2n) is 5.33. The minimum atomic E-state index is 0.333. The summed E-state index contributed by atoms with van der Waals surface area (Å²) in [5.74, 6) is 0.333. The van der Waals surface area contributed by atoms with Gasteiger partial charge in [0.25, 0.3) is 0 Å². The fraction of sp³-hybridized carbons (Fsp3) is 0.625. The maximum atomic E-state index is 9.35. The maximum Gasteiger partial charge on any atom is 0.115 e. The van der Waals surface area contributed by atoms with Crippen LogP contribution < -0.4 is 5.32 Å². The highest BCUT2D eigenvalue weighted by atomic mass is 16.5. The van der Waals surface area contributed by atoms with E-state index in [1.807, 2.05) is 12.1 Å². The first kappa shape index (κ1) is 14.4. The van der Waals surface area contributed by atoms with Gasteiger partial charge >= 0.3 is 0 Å². The Hall–Kier alpha value is -1.06. The number of hydrogen-bond donors (Lipinski definition) is 2. The molecule has 0 radical (unpaired) electrons. The first-order valence-corrected chi connectivity index (χ1v) is 7.45. The number of phenolic OH excluding ortho intramolecular Hbond substituents is 1. The van der Waals surface area contributed by atoms with Crippen molar-refractivity contribution in [2.75, 3.05) is 13.2 Å². The molecule has 0 amide bonds. The van der Waals surface area contributed by atoms with Gasteiger partial charge < -0.3 is 15.2 Å². The Morgan fingerprint density at radius 2 is 2.05 bits per heavy atom. The summed E-state index contributed by atoms with van der Waals surface area (Å²) < 4.78 is 5.87. The standard InChI is InChI=1S/C16H25NO2/c18-15-7-4-6-14(12-15)13-17-10-5-11-19-16-8-2-1-3-9-16/h4,6-7,12,16-18H,1-3,5,8-11,13H2. The van der Waals surface area contributed by atoms with Crippen LogP contribution in [0, 0.1) is 0 Å². The summed E-state index contributed by atoms with van der Waals surface area (Å²) in [6, 6.07) is 7.39. The first-order chi connectivity index (χ1) is 9.34. The van der Waals surface area contributed by atoms with Gasteiger partial charge in [0, 0.05) is 13.2 Å². The van der Waals surface area contributed by atoms with Gasteiger partial charge in [-0.2, -0.15) is 0 Å². The zero-order valence-corrected chi connectivity index (χ0v) is 11.6.